The van der Waals surface area contributed by atoms with Crippen LogP contribution >= 0.6 is 0 Å². The molecule has 0 saturated carbocycles. The Labute approximate surface area is 157 Å². The van der Waals surface area contributed by atoms with Crippen molar-refractivity contribution in [3.63, 3.8) is 0 Å². The number of benzene rings is 2. The van der Waals surface area contributed by atoms with Crippen molar-refractivity contribution in [2.75, 3.05) is 20.8 Å². The van der Waals surface area contributed by atoms with Crippen LogP contribution in [-0.4, -0.2) is 37.8 Å². The molecule has 0 spiro atoms. The first kappa shape index (κ1) is 19.8. The molecule has 27 heavy (non-hydrogen) atoms. The number of ether oxygens (including phenoxy) is 3. The van der Waals surface area contributed by atoms with E-state index < -0.39 is 11.9 Å². The number of rotatable bonds is 8. The molecule has 2 aromatic rings. The number of methoxy groups -OCH3 is 2. The van der Waals surface area contributed by atoms with Crippen LogP contribution in [0, 0.1) is 0 Å². The van der Waals surface area contributed by atoms with Gasteiger partial charge in [-0.25, -0.2) is 4.79 Å². The molecule has 7 nitrogen and oxygen atoms in total. The van der Waals surface area contributed by atoms with Crippen LogP contribution in [0.3, 0.4) is 0 Å². The molecular formula is C20H21NO6. The highest BCUT2D eigenvalue weighted by atomic mass is 16.5. The van der Waals surface area contributed by atoms with Crippen LogP contribution in [0.5, 0.6) is 17.2 Å². The number of hydrogen-bond acceptors (Lipinski definition) is 6. The summed E-state index contributed by atoms with van der Waals surface area (Å²) in [5.41, 5.74) is 1.51. The number of hydrogen-bond donors (Lipinski definition) is 2. The first-order valence-electron chi connectivity index (χ1n) is 8.13. The molecule has 2 rings (SSSR count). The Morgan fingerprint density at radius 3 is 2.67 bits per heavy atom. The highest BCUT2D eigenvalue weighted by Crippen LogP contribution is 2.26. The summed E-state index contributed by atoms with van der Waals surface area (Å²) in [5, 5.41) is 12.2. The molecule has 2 aromatic carbocycles. The summed E-state index contributed by atoms with van der Waals surface area (Å²) in [6.07, 6.45) is 2.69. The largest absolute Gasteiger partial charge is 0.504 e. The zero-order valence-electron chi connectivity index (χ0n) is 15.1. The lowest BCUT2D eigenvalue weighted by Gasteiger charge is -2.07. The Morgan fingerprint density at radius 2 is 1.93 bits per heavy atom. The Hall–Kier alpha value is -3.48. The van der Waals surface area contributed by atoms with Gasteiger partial charge in [0.25, 0.3) is 5.91 Å². The molecule has 0 unspecified atom stereocenters. The van der Waals surface area contributed by atoms with Gasteiger partial charge in [-0.2, -0.15) is 0 Å². The maximum atomic E-state index is 11.8. The molecule has 142 valence electrons. The van der Waals surface area contributed by atoms with Gasteiger partial charge in [0.1, 0.15) is 5.75 Å². The highest BCUT2D eigenvalue weighted by molar-refractivity contribution is 5.89. The van der Waals surface area contributed by atoms with Gasteiger partial charge < -0.3 is 24.6 Å². The third kappa shape index (κ3) is 6.39. The molecule has 0 saturated heterocycles. The van der Waals surface area contributed by atoms with Gasteiger partial charge in [-0.1, -0.05) is 18.2 Å². The lowest BCUT2D eigenvalue weighted by atomic mass is 10.2. The van der Waals surface area contributed by atoms with Crippen molar-refractivity contribution < 1.29 is 28.9 Å². The summed E-state index contributed by atoms with van der Waals surface area (Å²) in [4.78, 5) is 23.5. The molecule has 0 aliphatic carbocycles. The van der Waals surface area contributed by atoms with E-state index in [1.165, 1.54) is 25.3 Å². The molecular weight excluding hydrogens is 350 g/mol. The van der Waals surface area contributed by atoms with Crippen molar-refractivity contribution >= 4 is 18.0 Å². The van der Waals surface area contributed by atoms with Gasteiger partial charge in [0.2, 0.25) is 0 Å². The van der Waals surface area contributed by atoms with Crippen molar-refractivity contribution in [3.05, 3.63) is 59.7 Å². The average Bonchev–Trinajstić information content (AvgIpc) is 2.70. The van der Waals surface area contributed by atoms with E-state index in [2.05, 4.69) is 5.32 Å². The van der Waals surface area contributed by atoms with Crippen LogP contribution in [0.15, 0.2) is 48.5 Å². The molecule has 0 heterocycles. The van der Waals surface area contributed by atoms with E-state index in [9.17, 15) is 14.7 Å². The van der Waals surface area contributed by atoms with Crippen LogP contribution < -0.4 is 14.8 Å². The Kier molecular flexibility index (Phi) is 7.25. The third-order valence-corrected chi connectivity index (χ3v) is 3.58. The number of carbonyl (C=O) groups is 2. The average molecular weight is 371 g/mol. The van der Waals surface area contributed by atoms with Gasteiger partial charge in [-0.15, -0.1) is 0 Å². The lowest BCUT2D eigenvalue weighted by molar-refractivity contribution is -0.143. The quantitative estimate of drug-likeness (QED) is 0.546. The molecule has 0 aromatic heterocycles. The van der Waals surface area contributed by atoms with E-state index in [1.807, 2.05) is 18.2 Å². The van der Waals surface area contributed by atoms with Crippen LogP contribution in [0.2, 0.25) is 0 Å². The van der Waals surface area contributed by atoms with Crippen molar-refractivity contribution in [3.8, 4) is 17.2 Å². The second kappa shape index (κ2) is 9.86. The SMILES string of the molecule is COc1cccc(CNC(=O)COC(=O)C=Cc2ccc(O)c(OC)c2)c1. The minimum atomic E-state index is -0.654. The van der Waals surface area contributed by atoms with Crippen LogP contribution in [-0.2, 0) is 20.9 Å². The maximum Gasteiger partial charge on any atom is 0.331 e. The smallest absolute Gasteiger partial charge is 0.331 e. The summed E-state index contributed by atoms with van der Waals surface area (Å²) in [6, 6.07) is 11.9. The van der Waals surface area contributed by atoms with Crippen LogP contribution in [0.25, 0.3) is 6.08 Å². The minimum Gasteiger partial charge on any atom is -0.504 e. The summed E-state index contributed by atoms with van der Waals surface area (Å²) >= 11 is 0. The normalized spacial score (nSPS) is 10.4. The van der Waals surface area contributed by atoms with E-state index >= 15 is 0 Å². The Balaban J connectivity index is 1.78. The van der Waals surface area contributed by atoms with Gasteiger partial charge >= 0.3 is 5.97 Å². The van der Waals surface area contributed by atoms with E-state index in [4.69, 9.17) is 14.2 Å². The van der Waals surface area contributed by atoms with Crippen molar-refractivity contribution in [1.82, 2.24) is 5.32 Å². The number of amides is 1. The number of esters is 1. The van der Waals surface area contributed by atoms with E-state index in [0.29, 0.717) is 23.6 Å². The molecule has 0 bridgehead atoms. The molecule has 7 heteroatoms. The molecule has 0 aliphatic heterocycles. The fourth-order valence-corrected chi connectivity index (χ4v) is 2.18. The predicted molar refractivity (Wildman–Crippen MR) is 99.5 cm³/mol. The van der Waals surface area contributed by atoms with E-state index in [0.717, 1.165) is 5.56 Å². The molecule has 0 atom stereocenters. The topological polar surface area (TPSA) is 94.1 Å². The fraction of sp³-hybridized carbons (Fsp3) is 0.200. The van der Waals surface area contributed by atoms with Crippen LogP contribution in [0.4, 0.5) is 0 Å². The van der Waals surface area contributed by atoms with Crippen molar-refractivity contribution in [2.24, 2.45) is 0 Å². The van der Waals surface area contributed by atoms with Crippen LogP contribution in [0.1, 0.15) is 11.1 Å². The zero-order valence-corrected chi connectivity index (χ0v) is 15.1. The van der Waals surface area contributed by atoms with Gasteiger partial charge in [0.15, 0.2) is 18.1 Å². The Bertz CT molecular complexity index is 831. The standard InChI is InChI=1S/C20H21NO6/c1-25-16-5-3-4-15(10-16)12-21-19(23)13-27-20(24)9-7-14-6-8-17(22)18(11-14)26-2/h3-11,22H,12-13H2,1-2H3,(H,21,23). The van der Waals surface area contributed by atoms with Crippen molar-refractivity contribution in [1.29, 1.82) is 0 Å². The predicted octanol–water partition coefficient (Wildman–Crippen LogP) is 2.28. The summed E-state index contributed by atoms with van der Waals surface area (Å²) in [7, 11) is 3.00. The second-order valence-corrected chi connectivity index (χ2v) is 5.50. The van der Waals surface area contributed by atoms with Gasteiger partial charge in [-0.05, 0) is 41.5 Å². The zero-order chi connectivity index (χ0) is 19.6. The third-order valence-electron chi connectivity index (χ3n) is 3.58. The Morgan fingerprint density at radius 1 is 1.11 bits per heavy atom. The first-order chi connectivity index (χ1) is 13.0. The van der Waals surface area contributed by atoms with Gasteiger partial charge in [0, 0.05) is 12.6 Å². The van der Waals surface area contributed by atoms with E-state index in [-0.39, 0.29) is 12.4 Å². The van der Waals surface area contributed by atoms with Gasteiger partial charge in [-0.3, -0.25) is 4.79 Å². The minimum absolute atomic E-state index is 0.00457. The van der Waals surface area contributed by atoms with Crippen molar-refractivity contribution in [2.45, 2.75) is 6.54 Å². The van der Waals surface area contributed by atoms with Gasteiger partial charge in [0.05, 0.1) is 14.2 Å². The number of aromatic hydroxyl groups is 1. The summed E-state index contributed by atoms with van der Waals surface area (Å²) in [6.45, 7) is -0.0806. The number of carbonyl (C=O) groups excluding carboxylic acids is 2. The molecule has 2 N–H and O–H groups in total. The highest BCUT2D eigenvalue weighted by Gasteiger charge is 2.06. The molecule has 0 aliphatic rings. The fourth-order valence-electron chi connectivity index (χ4n) is 2.18. The molecule has 0 radical (unpaired) electrons. The first-order valence-corrected chi connectivity index (χ1v) is 8.13. The second-order valence-electron chi connectivity index (χ2n) is 5.50. The summed E-state index contributed by atoms with van der Waals surface area (Å²) in [5.74, 6) is -0.0685. The molecule has 0 fully saturated rings. The van der Waals surface area contributed by atoms with E-state index in [1.54, 1.807) is 25.3 Å². The number of nitrogens with one attached hydrogen (secondary N) is 1. The molecule has 1 amide bonds. The number of phenolic OH excluding ortho intramolecular Hbond substituents is 1. The number of phenols is 1. The monoisotopic (exact) mass is 371 g/mol. The maximum absolute atomic E-state index is 11.8. The lowest BCUT2D eigenvalue weighted by Crippen LogP contribution is -2.28. The summed E-state index contributed by atoms with van der Waals surface area (Å²) < 4.78 is 15.0.